The fourth-order valence-electron chi connectivity index (χ4n) is 2.25. The van der Waals surface area contributed by atoms with Gasteiger partial charge in [-0.05, 0) is 29.8 Å². The summed E-state index contributed by atoms with van der Waals surface area (Å²) in [6, 6.07) is 15.6. The summed E-state index contributed by atoms with van der Waals surface area (Å²) in [5.41, 5.74) is 1.07. The molecule has 0 saturated carbocycles. The van der Waals surface area contributed by atoms with Gasteiger partial charge in [-0.3, -0.25) is 4.99 Å². The Labute approximate surface area is 148 Å². The fourth-order valence-corrected chi connectivity index (χ4v) is 2.25. The lowest BCUT2D eigenvalue weighted by molar-refractivity contribution is 0.322. The maximum absolute atomic E-state index is 5.64. The van der Waals surface area contributed by atoms with Crippen LogP contribution >= 0.6 is 0 Å². The number of nitrogens with one attached hydrogen (secondary N) is 2. The van der Waals surface area contributed by atoms with Gasteiger partial charge in [0.1, 0.15) is 12.4 Å². The molecule has 0 amide bonds. The van der Waals surface area contributed by atoms with E-state index in [1.165, 1.54) is 0 Å². The number of ether oxygens (including phenoxy) is 3. The monoisotopic (exact) mass is 343 g/mol. The van der Waals surface area contributed by atoms with Crippen LogP contribution in [0.4, 0.5) is 0 Å². The molecule has 0 bridgehead atoms. The van der Waals surface area contributed by atoms with Gasteiger partial charge in [0, 0.05) is 13.6 Å². The van der Waals surface area contributed by atoms with E-state index in [-0.39, 0.29) is 0 Å². The van der Waals surface area contributed by atoms with E-state index in [0.717, 1.165) is 11.3 Å². The Bertz CT molecular complexity index is 675. The van der Waals surface area contributed by atoms with Crippen LogP contribution in [0.15, 0.2) is 53.5 Å². The van der Waals surface area contributed by atoms with E-state index >= 15 is 0 Å². The third-order valence-electron chi connectivity index (χ3n) is 3.54. The minimum absolute atomic E-state index is 0.557. The molecular formula is C19H25N3O3. The average Bonchev–Trinajstić information content (AvgIpc) is 2.68. The van der Waals surface area contributed by atoms with Crippen LogP contribution in [0.1, 0.15) is 5.56 Å². The number of nitrogens with zero attached hydrogens (tertiary/aromatic N) is 1. The van der Waals surface area contributed by atoms with Gasteiger partial charge in [0.2, 0.25) is 0 Å². The van der Waals surface area contributed by atoms with Crippen molar-refractivity contribution in [3.63, 3.8) is 0 Å². The summed E-state index contributed by atoms with van der Waals surface area (Å²) in [4.78, 5) is 4.21. The van der Waals surface area contributed by atoms with Crippen molar-refractivity contribution in [3.8, 4) is 17.2 Å². The van der Waals surface area contributed by atoms with Crippen LogP contribution in [0, 0.1) is 0 Å². The molecular weight excluding hydrogens is 318 g/mol. The van der Waals surface area contributed by atoms with Gasteiger partial charge in [0.15, 0.2) is 17.5 Å². The predicted octanol–water partition coefficient (Wildman–Crippen LogP) is 2.45. The number of guanidine groups is 1. The Morgan fingerprint density at radius 2 is 1.72 bits per heavy atom. The summed E-state index contributed by atoms with van der Waals surface area (Å²) in [6.45, 7) is 1.83. The van der Waals surface area contributed by atoms with Crippen LogP contribution in [0.2, 0.25) is 0 Å². The summed E-state index contributed by atoms with van der Waals surface area (Å²) in [6.07, 6.45) is 0. The average molecular weight is 343 g/mol. The zero-order valence-electron chi connectivity index (χ0n) is 14.9. The SMILES string of the molecule is CN=C(NCCOc1ccccc1)NCc1ccc(OC)c(OC)c1. The van der Waals surface area contributed by atoms with Gasteiger partial charge >= 0.3 is 0 Å². The molecule has 0 aliphatic carbocycles. The minimum atomic E-state index is 0.557. The largest absolute Gasteiger partial charge is 0.493 e. The highest BCUT2D eigenvalue weighted by Crippen LogP contribution is 2.27. The number of hydrogen-bond donors (Lipinski definition) is 2. The second-order valence-electron chi connectivity index (χ2n) is 5.20. The Kier molecular flexibility index (Phi) is 7.43. The van der Waals surface area contributed by atoms with Gasteiger partial charge in [0.05, 0.1) is 20.8 Å². The Morgan fingerprint density at radius 3 is 2.40 bits per heavy atom. The van der Waals surface area contributed by atoms with Crippen molar-refractivity contribution in [2.45, 2.75) is 6.54 Å². The van der Waals surface area contributed by atoms with E-state index < -0.39 is 0 Å². The van der Waals surface area contributed by atoms with Crippen LogP contribution < -0.4 is 24.8 Å². The lowest BCUT2D eigenvalue weighted by Gasteiger charge is -2.14. The van der Waals surface area contributed by atoms with E-state index in [1.54, 1.807) is 21.3 Å². The zero-order chi connectivity index (χ0) is 17.9. The molecule has 0 aliphatic heterocycles. The number of hydrogen-bond acceptors (Lipinski definition) is 4. The van der Waals surface area contributed by atoms with Crippen molar-refractivity contribution in [1.82, 2.24) is 10.6 Å². The minimum Gasteiger partial charge on any atom is -0.493 e. The molecule has 0 heterocycles. The zero-order valence-corrected chi connectivity index (χ0v) is 14.9. The van der Waals surface area contributed by atoms with Gasteiger partial charge in [-0.15, -0.1) is 0 Å². The first-order chi connectivity index (χ1) is 12.3. The van der Waals surface area contributed by atoms with Crippen LogP contribution in [0.5, 0.6) is 17.2 Å². The van der Waals surface area contributed by atoms with Crippen LogP contribution in [0.3, 0.4) is 0 Å². The summed E-state index contributed by atoms with van der Waals surface area (Å²) in [5, 5.41) is 6.48. The van der Waals surface area contributed by atoms with Crippen molar-refractivity contribution >= 4 is 5.96 Å². The molecule has 0 fully saturated rings. The van der Waals surface area contributed by atoms with Gasteiger partial charge in [-0.1, -0.05) is 24.3 Å². The maximum Gasteiger partial charge on any atom is 0.191 e. The molecule has 2 aromatic rings. The molecule has 2 rings (SSSR count). The quantitative estimate of drug-likeness (QED) is 0.438. The molecule has 0 saturated heterocycles. The molecule has 0 aromatic heterocycles. The molecule has 6 heteroatoms. The highest BCUT2D eigenvalue weighted by Gasteiger charge is 2.05. The van der Waals surface area contributed by atoms with E-state index in [9.17, 15) is 0 Å². The first-order valence-corrected chi connectivity index (χ1v) is 8.10. The van der Waals surface area contributed by atoms with Crippen LogP contribution in [0.25, 0.3) is 0 Å². The Morgan fingerprint density at radius 1 is 0.960 bits per heavy atom. The summed E-state index contributed by atoms with van der Waals surface area (Å²) in [5.74, 6) is 3.00. The van der Waals surface area contributed by atoms with E-state index in [0.29, 0.717) is 37.2 Å². The third-order valence-corrected chi connectivity index (χ3v) is 3.54. The molecule has 6 nitrogen and oxygen atoms in total. The lowest BCUT2D eigenvalue weighted by Crippen LogP contribution is -2.38. The van der Waals surface area contributed by atoms with Crippen molar-refractivity contribution < 1.29 is 14.2 Å². The first kappa shape index (κ1) is 18.4. The number of benzene rings is 2. The number of methoxy groups -OCH3 is 2. The fraction of sp³-hybridized carbons (Fsp3) is 0.316. The van der Waals surface area contributed by atoms with Crippen molar-refractivity contribution in [2.75, 3.05) is 34.4 Å². The van der Waals surface area contributed by atoms with Gasteiger partial charge in [-0.25, -0.2) is 0 Å². The first-order valence-electron chi connectivity index (χ1n) is 8.10. The van der Waals surface area contributed by atoms with Gasteiger partial charge < -0.3 is 24.8 Å². The molecule has 0 aliphatic rings. The molecule has 134 valence electrons. The Balaban J connectivity index is 1.76. The van der Waals surface area contributed by atoms with Gasteiger partial charge in [0.25, 0.3) is 0 Å². The smallest absolute Gasteiger partial charge is 0.191 e. The second kappa shape index (κ2) is 10.1. The second-order valence-corrected chi connectivity index (χ2v) is 5.20. The molecule has 0 atom stereocenters. The maximum atomic E-state index is 5.64. The molecule has 0 unspecified atom stereocenters. The lowest BCUT2D eigenvalue weighted by atomic mass is 10.2. The standard InChI is InChI=1S/C19H25N3O3/c1-20-19(21-11-12-25-16-7-5-4-6-8-16)22-14-15-9-10-17(23-2)18(13-15)24-3/h4-10,13H,11-12,14H2,1-3H3,(H2,20,21,22). The molecule has 25 heavy (non-hydrogen) atoms. The van der Waals surface area contributed by atoms with E-state index in [4.69, 9.17) is 14.2 Å². The van der Waals surface area contributed by atoms with Crippen molar-refractivity contribution in [2.24, 2.45) is 4.99 Å². The van der Waals surface area contributed by atoms with Crippen LogP contribution in [-0.4, -0.2) is 40.4 Å². The van der Waals surface area contributed by atoms with E-state index in [2.05, 4.69) is 15.6 Å². The third kappa shape index (κ3) is 5.91. The predicted molar refractivity (Wildman–Crippen MR) is 99.7 cm³/mol. The summed E-state index contributed by atoms with van der Waals surface area (Å²) in [7, 11) is 4.99. The van der Waals surface area contributed by atoms with E-state index in [1.807, 2.05) is 48.5 Å². The highest BCUT2D eigenvalue weighted by atomic mass is 16.5. The Hall–Kier alpha value is -2.89. The van der Waals surface area contributed by atoms with Crippen LogP contribution in [-0.2, 0) is 6.54 Å². The number of aliphatic imine (C=N–C) groups is 1. The normalized spacial score (nSPS) is 10.9. The molecule has 0 radical (unpaired) electrons. The number of rotatable bonds is 8. The van der Waals surface area contributed by atoms with Gasteiger partial charge in [-0.2, -0.15) is 0 Å². The summed E-state index contributed by atoms with van der Waals surface area (Å²) < 4.78 is 16.2. The van der Waals surface area contributed by atoms with Crippen molar-refractivity contribution in [1.29, 1.82) is 0 Å². The number of para-hydroxylation sites is 1. The van der Waals surface area contributed by atoms with Crippen molar-refractivity contribution in [3.05, 3.63) is 54.1 Å². The molecule has 2 N–H and O–H groups in total. The highest BCUT2D eigenvalue weighted by molar-refractivity contribution is 5.79. The topological polar surface area (TPSA) is 64.1 Å². The summed E-state index contributed by atoms with van der Waals surface area (Å²) >= 11 is 0. The molecule has 0 spiro atoms. The molecule has 2 aromatic carbocycles.